The third-order valence-electron chi connectivity index (χ3n) is 2.40. The van der Waals surface area contributed by atoms with Crippen molar-refractivity contribution in [1.29, 1.82) is 0 Å². The Hall–Kier alpha value is -2.10. The molecule has 16 heavy (non-hydrogen) atoms. The van der Waals surface area contributed by atoms with Crippen molar-refractivity contribution in [2.45, 2.75) is 13.3 Å². The number of rotatable bonds is 2. The highest BCUT2D eigenvalue weighted by molar-refractivity contribution is 5.40. The number of aromatic nitrogens is 2. The van der Waals surface area contributed by atoms with Crippen LogP contribution in [0.5, 0.6) is 0 Å². The van der Waals surface area contributed by atoms with Gasteiger partial charge < -0.3 is 5.73 Å². The zero-order valence-electron chi connectivity index (χ0n) is 9.03. The molecule has 82 valence electrons. The third kappa shape index (κ3) is 2.28. The van der Waals surface area contributed by atoms with E-state index in [1.54, 1.807) is 0 Å². The lowest BCUT2D eigenvalue weighted by molar-refractivity contribution is 1.03. The van der Waals surface area contributed by atoms with Crippen LogP contribution in [-0.2, 0) is 6.42 Å². The van der Waals surface area contributed by atoms with Crippen LogP contribution in [0.3, 0.4) is 0 Å². The number of hydrogen-bond donors (Lipinski definition) is 2. The molecule has 4 nitrogen and oxygen atoms in total. The molecular weight excluding hydrogens is 202 g/mol. The Morgan fingerprint density at radius 2 is 2.25 bits per heavy atom. The molecule has 0 unspecified atom stereocenters. The van der Waals surface area contributed by atoms with Crippen molar-refractivity contribution in [2.75, 3.05) is 5.73 Å². The van der Waals surface area contributed by atoms with Crippen LogP contribution in [0.1, 0.15) is 16.7 Å². The summed E-state index contributed by atoms with van der Waals surface area (Å²) in [6, 6.07) is 8.15. The summed E-state index contributed by atoms with van der Waals surface area (Å²) in [5.74, 6) is 0.390. The maximum atomic E-state index is 10.9. The fourth-order valence-electron chi connectivity index (χ4n) is 1.62. The van der Waals surface area contributed by atoms with E-state index in [4.69, 9.17) is 5.73 Å². The number of nitrogens with two attached hydrogens (primary N) is 1. The summed E-state index contributed by atoms with van der Waals surface area (Å²) in [7, 11) is 0. The van der Waals surface area contributed by atoms with E-state index in [1.165, 1.54) is 11.8 Å². The summed E-state index contributed by atoms with van der Waals surface area (Å²) < 4.78 is 0. The SMILES string of the molecule is Cc1cccc(Cc2cnc(=O)[nH]c2N)c1. The van der Waals surface area contributed by atoms with Gasteiger partial charge in [-0.3, -0.25) is 4.98 Å². The van der Waals surface area contributed by atoms with Gasteiger partial charge in [0.15, 0.2) is 0 Å². The Morgan fingerprint density at radius 1 is 1.44 bits per heavy atom. The first kappa shape index (κ1) is 10.4. The van der Waals surface area contributed by atoms with E-state index < -0.39 is 5.69 Å². The molecule has 0 saturated heterocycles. The number of nitrogens with one attached hydrogen (secondary N) is 1. The van der Waals surface area contributed by atoms with Crippen LogP contribution < -0.4 is 11.4 Å². The first-order valence-electron chi connectivity index (χ1n) is 5.04. The minimum absolute atomic E-state index is 0.390. The molecule has 0 aliphatic heterocycles. The highest BCUT2D eigenvalue weighted by Gasteiger charge is 2.02. The van der Waals surface area contributed by atoms with Gasteiger partial charge in [0.2, 0.25) is 0 Å². The smallest absolute Gasteiger partial charge is 0.346 e. The van der Waals surface area contributed by atoms with Crippen molar-refractivity contribution < 1.29 is 0 Å². The summed E-state index contributed by atoms with van der Waals surface area (Å²) in [5, 5.41) is 0. The van der Waals surface area contributed by atoms with E-state index in [2.05, 4.69) is 16.0 Å². The van der Waals surface area contributed by atoms with Crippen molar-refractivity contribution >= 4 is 5.82 Å². The number of nitrogens with zero attached hydrogens (tertiary/aromatic N) is 1. The largest absolute Gasteiger partial charge is 0.385 e. The molecule has 0 atom stereocenters. The van der Waals surface area contributed by atoms with Gasteiger partial charge >= 0.3 is 5.69 Å². The molecule has 0 aliphatic rings. The zero-order valence-corrected chi connectivity index (χ0v) is 9.03. The second-order valence-corrected chi connectivity index (χ2v) is 3.79. The van der Waals surface area contributed by atoms with E-state index in [0.717, 1.165) is 11.1 Å². The van der Waals surface area contributed by atoms with Gasteiger partial charge in [-0.15, -0.1) is 0 Å². The molecule has 4 heteroatoms. The Bertz CT molecular complexity index is 560. The normalized spacial score (nSPS) is 10.3. The van der Waals surface area contributed by atoms with Crippen LogP contribution in [0.25, 0.3) is 0 Å². The topological polar surface area (TPSA) is 71.8 Å². The second-order valence-electron chi connectivity index (χ2n) is 3.79. The molecule has 2 rings (SSSR count). The Labute approximate surface area is 93.2 Å². The number of H-pyrrole nitrogens is 1. The number of anilines is 1. The molecule has 1 heterocycles. The first-order valence-corrected chi connectivity index (χ1v) is 5.04. The highest BCUT2D eigenvalue weighted by Crippen LogP contribution is 2.12. The van der Waals surface area contributed by atoms with Crippen LogP contribution >= 0.6 is 0 Å². The molecule has 1 aromatic heterocycles. The fourth-order valence-corrected chi connectivity index (χ4v) is 1.62. The van der Waals surface area contributed by atoms with Crippen LogP contribution in [0, 0.1) is 6.92 Å². The summed E-state index contributed by atoms with van der Waals surface area (Å²) in [6.07, 6.45) is 2.20. The standard InChI is InChI=1S/C12H13N3O/c1-8-3-2-4-9(5-8)6-10-7-14-12(16)15-11(10)13/h2-5,7H,6H2,1H3,(H3,13,14,15,16). The van der Waals surface area contributed by atoms with Crippen molar-refractivity contribution in [2.24, 2.45) is 0 Å². The highest BCUT2D eigenvalue weighted by atomic mass is 16.1. The molecule has 0 amide bonds. The summed E-state index contributed by atoms with van der Waals surface area (Å²) in [5.41, 5.74) is 8.49. The predicted octanol–water partition coefficient (Wildman–Crippen LogP) is 1.25. The van der Waals surface area contributed by atoms with E-state index in [9.17, 15) is 4.79 Å². The van der Waals surface area contributed by atoms with Crippen LogP contribution in [0.4, 0.5) is 5.82 Å². The lowest BCUT2D eigenvalue weighted by Gasteiger charge is -2.05. The number of hydrogen-bond acceptors (Lipinski definition) is 3. The summed E-state index contributed by atoms with van der Waals surface area (Å²) >= 11 is 0. The molecule has 2 aromatic rings. The monoisotopic (exact) mass is 215 g/mol. The molecule has 3 N–H and O–H groups in total. The maximum Gasteiger partial charge on any atom is 0.346 e. The Balaban J connectivity index is 2.30. The molecule has 0 fully saturated rings. The number of benzene rings is 1. The van der Waals surface area contributed by atoms with Crippen molar-refractivity contribution in [3.05, 3.63) is 57.6 Å². The van der Waals surface area contributed by atoms with Gasteiger partial charge in [-0.05, 0) is 12.5 Å². The summed E-state index contributed by atoms with van der Waals surface area (Å²) in [6.45, 7) is 2.04. The summed E-state index contributed by atoms with van der Waals surface area (Å²) in [4.78, 5) is 17.1. The maximum absolute atomic E-state index is 10.9. The van der Waals surface area contributed by atoms with Gasteiger partial charge in [0.1, 0.15) is 5.82 Å². The molecule has 0 saturated carbocycles. The van der Waals surface area contributed by atoms with Crippen molar-refractivity contribution in [3.63, 3.8) is 0 Å². The quantitative estimate of drug-likeness (QED) is 0.792. The van der Waals surface area contributed by atoms with Crippen molar-refractivity contribution in [1.82, 2.24) is 9.97 Å². The van der Waals surface area contributed by atoms with E-state index in [1.807, 2.05) is 25.1 Å². The van der Waals surface area contributed by atoms with Gasteiger partial charge in [0.25, 0.3) is 0 Å². The Kier molecular flexibility index (Phi) is 2.72. The van der Waals surface area contributed by atoms with Gasteiger partial charge in [-0.1, -0.05) is 29.8 Å². The lowest BCUT2D eigenvalue weighted by atomic mass is 10.1. The molecule has 1 aromatic carbocycles. The van der Waals surface area contributed by atoms with E-state index in [-0.39, 0.29) is 0 Å². The lowest BCUT2D eigenvalue weighted by Crippen LogP contribution is -2.14. The minimum Gasteiger partial charge on any atom is -0.385 e. The number of aryl methyl sites for hydroxylation is 1. The second kappa shape index (κ2) is 4.18. The molecule has 0 bridgehead atoms. The van der Waals surface area contributed by atoms with Crippen LogP contribution in [0.2, 0.25) is 0 Å². The molecular formula is C12H13N3O. The average molecular weight is 215 g/mol. The molecule has 0 radical (unpaired) electrons. The van der Waals surface area contributed by atoms with Crippen LogP contribution in [-0.4, -0.2) is 9.97 Å². The third-order valence-corrected chi connectivity index (χ3v) is 2.40. The average Bonchev–Trinajstić information content (AvgIpc) is 2.22. The number of nitrogen functional groups attached to an aromatic ring is 1. The van der Waals surface area contributed by atoms with E-state index >= 15 is 0 Å². The first-order chi connectivity index (χ1) is 7.65. The predicted molar refractivity (Wildman–Crippen MR) is 63.3 cm³/mol. The van der Waals surface area contributed by atoms with Gasteiger partial charge in [0, 0.05) is 18.2 Å². The zero-order chi connectivity index (χ0) is 11.5. The number of aromatic amines is 1. The minimum atomic E-state index is -0.412. The van der Waals surface area contributed by atoms with Gasteiger partial charge in [-0.2, -0.15) is 0 Å². The van der Waals surface area contributed by atoms with E-state index in [0.29, 0.717) is 12.2 Å². The Morgan fingerprint density at radius 3 is 2.94 bits per heavy atom. The molecule has 0 aliphatic carbocycles. The van der Waals surface area contributed by atoms with Gasteiger partial charge in [-0.25, -0.2) is 9.78 Å². The fraction of sp³-hybridized carbons (Fsp3) is 0.167. The van der Waals surface area contributed by atoms with Crippen molar-refractivity contribution in [3.8, 4) is 0 Å². The van der Waals surface area contributed by atoms with Crippen LogP contribution in [0.15, 0.2) is 35.3 Å². The molecule has 0 spiro atoms. The van der Waals surface area contributed by atoms with Gasteiger partial charge in [0.05, 0.1) is 0 Å².